The van der Waals surface area contributed by atoms with Crippen molar-refractivity contribution in [2.75, 3.05) is 12.3 Å². The van der Waals surface area contributed by atoms with E-state index < -0.39 is 0 Å². The predicted octanol–water partition coefficient (Wildman–Crippen LogP) is 1.02. The van der Waals surface area contributed by atoms with Gasteiger partial charge in [0.15, 0.2) is 0 Å². The van der Waals surface area contributed by atoms with E-state index in [0.717, 1.165) is 18.0 Å². The Hall–Kier alpha value is -1.11. The maximum Gasteiger partial charge on any atom is 0.230 e. The van der Waals surface area contributed by atoms with Crippen LogP contribution in [0.25, 0.3) is 0 Å². The van der Waals surface area contributed by atoms with Gasteiger partial charge in [0.2, 0.25) is 11.1 Å². The van der Waals surface area contributed by atoms with Gasteiger partial charge in [-0.1, -0.05) is 24.6 Å². The molecule has 1 aliphatic rings. The molecule has 1 N–H and O–H groups in total. The highest BCUT2D eigenvalue weighted by atomic mass is 32.2. The minimum Gasteiger partial charge on any atom is -0.356 e. The summed E-state index contributed by atoms with van der Waals surface area (Å²) in [6.07, 6.45) is 4.76. The second-order valence-electron chi connectivity index (χ2n) is 4.09. The standard InChI is InChI=1S/C10H17N5OS/c1-2-11-9(16)7-17-10-12-13-14-15(10)8-5-3-4-6-8/h8H,2-7H2,1H3,(H,11,16). The van der Waals surface area contributed by atoms with Crippen LogP contribution in [0.2, 0.25) is 0 Å². The van der Waals surface area contributed by atoms with E-state index in [-0.39, 0.29) is 5.91 Å². The van der Waals surface area contributed by atoms with Gasteiger partial charge in [-0.15, -0.1) is 5.10 Å². The zero-order chi connectivity index (χ0) is 12.1. The van der Waals surface area contributed by atoms with E-state index in [2.05, 4.69) is 20.8 Å². The summed E-state index contributed by atoms with van der Waals surface area (Å²) in [6.45, 7) is 2.57. The Morgan fingerprint density at radius 3 is 3.00 bits per heavy atom. The molecule has 0 bridgehead atoms. The number of aromatic nitrogens is 4. The van der Waals surface area contributed by atoms with Gasteiger partial charge in [0.05, 0.1) is 11.8 Å². The smallest absolute Gasteiger partial charge is 0.230 e. The summed E-state index contributed by atoms with van der Waals surface area (Å²) in [5, 5.41) is 15.2. The van der Waals surface area contributed by atoms with Crippen LogP contribution in [0.1, 0.15) is 38.6 Å². The van der Waals surface area contributed by atoms with Gasteiger partial charge in [-0.3, -0.25) is 4.79 Å². The number of thioether (sulfide) groups is 1. The minimum atomic E-state index is 0.0264. The molecule has 1 aromatic heterocycles. The fourth-order valence-electron chi connectivity index (χ4n) is 2.04. The molecule has 7 heteroatoms. The number of hydrogen-bond acceptors (Lipinski definition) is 5. The molecule has 1 aliphatic carbocycles. The summed E-state index contributed by atoms with van der Waals surface area (Å²) in [6, 6.07) is 0.418. The minimum absolute atomic E-state index is 0.0264. The number of nitrogens with one attached hydrogen (secondary N) is 1. The van der Waals surface area contributed by atoms with Crippen LogP contribution in [0.4, 0.5) is 0 Å². The normalized spacial score (nSPS) is 16.3. The quantitative estimate of drug-likeness (QED) is 0.795. The summed E-state index contributed by atoms with van der Waals surface area (Å²) in [7, 11) is 0. The second-order valence-corrected chi connectivity index (χ2v) is 5.03. The maximum atomic E-state index is 11.4. The largest absolute Gasteiger partial charge is 0.356 e. The number of nitrogens with zero attached hydrogens (tertiary/aromatic N) is 4. The Bertz CT molecular complexity index is 375. The zero-order valence-corrected chi connectivity index (χ0v) is 10.7. The SMILES string of the molecule is CCNC(=O)CSc1nnnn1C1CCCC1. The van der Waals surface area contributed by atoms with E-state index >= 15 is 0 Å². The molecule has 0 saturated heterocycles. The van der Waals surface area contributed by atoms with Gasteiger partial charge in [0.25, 0.3) is 0 Å². The van der Waals surface area contributed by atoms with E-state index in [1.54, 1.807) is 0 Å². The molecule has 1 amide bonds. The van der Waals surface area contributed by atoms with Gasteiger partial charge in [0.1, 0.15) is 0 Å². The van der Waals surface area contributed by atoms with Crippen molar-refractivity contribution < 1.29 is 4.79 Å². The highest BCUT2D eigenvalue weighted by Crippen LogP contribution is 2.31. The topological polar surface area (TPSA) is 72.7 Å². The molecular weight excluding hydrogens is 238 g/mol. The molecule has 0 radical (unpaired) electrons. The van der Waals surface area contributed by atoms with Gasteiger partial charge < -0.3 is 5.32 Å². The van der Waals surface area contributed by atoms with Crippen molar-refractivity contribution in [2.45, 2.75) is 43.8 Å². The van der Waals surface area contributed by atoms with Crippen molar-refractivity contribution in [2.24, 2.45) is 0 Å². The molecule has 0 atom stereocenters. The predicted molar refractivity (Wildman–Crippen MR) is 64.7 cm³/mol. The third-order valence-corrected chi connectivity index (χ3v) is 3.77. The van der Waals surface area contributed by atoms with Gasteiger partial charge >= 0.3 is 0 Å². The van der Waals surface area contributed by atoms with Crippen LogP contribution in [0.5, 0.6) is 0 Å². The van der Waals surface area contributed by atoms with Crippen LogP contribution < -0.4 is 5.32 Å². The average Bonchev–Trinajstić information content (AvgIpc) is 2.97. The van der Waals surface area contributed by atoms with E-state index in [0.29, 0.717) is 18.3 Å². The Morgan fingerprint density at radius 2 is 2.29 bits per heavy atom. The fourth-order valence-corrected chi connectivity index (χ4v) is 2.81. The molecule has 1 heterocycles. The summed E-state index contributed by atoms with van der Waals surface area (Å²) < 4.78 is 1.87. The highest BCUT2D eigenvalue weighted by molar-refractivity contribution is 7.99. The first-order valence-corrected chi connectivity index (χ1v) is 6.97. The van der Waals surface area contributed by atoms with E-state index in [4.69, 9.17) is 0 Å². The molecule has 0 unspecified atom stereocenters. The third-order valence-electron chi connectivity index (χ3n) is 2.84. The van der Waals surface area contributed by atoms with Crippen molar-refractivity contribution in [1.29, 1.82) is 0 Å². The molecule has 1 fully saturated rings. The van der Waals surface area contributed by atoms with Crippen molar-refractivity contribution in [1.82, 2.24) is 25.5 Å². The van der Waals surface area contributed by atoms with Crippen molar-refractivity contribution >= 4 is 17.7 Å². The third kappa shape index (κ3) is 3.18. The van der Waals surface area contributed by atoms with Crippen LogP contribution in [0.3, 0.4) is 0 Å². The number of rotatable bonds is 5. The van der Waals surface area contributed by atoms with E-state index in [1.165, 1.54) is 24.6 Å². The van der Waals surface area contributed by atoms with Crippen LogP contribution in [0, 0.1) is 0 Å². The first-order chi connectivity index (χ1) is 8.31. The number of carbonyl (C=O) groups excluding carboxylic acids is 1. The molecule has 0 spiro atoms. The van der Waals surface area contributed by atoms with E-state index in [1.807, 2.05) is 11.6 Å². The lowest BCUT2D eigenvalue weighted by molar-refractivity contribution is -0.118. The van der Waals surface area contributed by atoms with Gasteiger partial charge in [0, 0.05) is 6.54 Å². The van der Waals surface area contributed by atoms with Crippen LogP contribution in [0.15, 0.2) is 5.16 Å². The second kappa shape index (κ2) is 6.00. The lowest BCUT2D eigenvalue weighted by Crippen LogP contribution is -2.24. The molecule has 94 valence electrons. The van der Waals surface area contributed by atoms with Crippen LogP contribution in [-0.2, 0) is 4.79 Å². The fraction of sp³-hybridized carbons (Fsp3) is 0.800. The molecule has 0 aromatic carbocycles. The molecule has 6 nitrogen and oxygen atoms in total. The Labute approximate surface area is 105 Å². The summed E-state index contributed by atoms with van der Waals surface area (Å²) in [5.74, 6) is 0.402. The lowest BCUT2D eigenvalue weighted by atomic mass is 10.3. The van der Waals surface area contributed by atoms with Gasteiger partial charge in [-0.05, 0) is 30.2 Å². The monoisotopic (exact) mass is 255 g/mol. The van der Waals surface area contributed by atoms with Crippen molar-refractivity contribution in [3.05, 3.63) is 0 Å². The molecule has 17 heavy (non-hydrogen) atoms. The Kier molecular flexibility index (Phi) is 4.36. The number of hydrogen-bond donors (Lipinski definition) is 1. The zero-order valence-electron chi connectivity index (χ0n) is 9.93. The first kappa shape index (κ1) is 12.3. The average molecular weight is 255 g/mol. The van der Waals surface area contributed by atoms with Crippen molar-refractivity contribution in [3.63, 3.8) is 0 Å². The summed E-state index contributed by atoms with van der Waals surface area (Å²) in [4.78, 5) is 11.4. The van der Waals surface area contributed by atoms with Crippen LogP contribution in [-0.4, -0.2) is 38.4 Å². The Morgan fingerprint density at radius 1 is 1.53 bits per heavy atom. The first-order valence-electron chi connectivity index (χ1n) is 5.98. The summed E-state index contributed by atoms with van der Waals surface area (Å²) >= 11 is 1.40. The van der Waals surface area contributed by atoms with Crippen molar-refractivity contribution in [3.8, 4) is 0 Å². The molecular formula is C10H17N5OS. The van der Waals surface area contributed by atoms with Crippen LogP contribution >= 0.6 is 11.8 Å². The Balaban J connectivity index is 1.92. The number of tetrazole rings is 1. The molecule has 1 aromatic rings. The van der Waals surface area contributed by atoms with E-state index in [9.17, 15) is 4.79 Å². The maximum absolute atomic E-state index is 11.4. The molecule has 1 saturated carbocycles. The van der Waals surface area contributed by atoms with Gasteiger partial charge in [-0.2, -0.15) is 0 Å². The molecule has 2 rings (SSSR count). The highest BCUT2D eigenvalue weighted by Gasteiger charge is 2.21. The number of carbonyl (C=O) groups is 1. The molecule has 0 aliphatic heterocycles. The number of amides is 1. The summed E-state index contributed by atoms with van der Waals surface area (Å²) in [5.41, 5.74) is 0. The lowest BCUT2D eigenvalue weighted by Gasteiger charge is -2.10. The van der Waals surface area contributed by atoms with Gasteiger partial charge in [-0.25, -0.2) is 4.68 Å².